The van der Waals surface area contributed by atoms with Crippen LogP contribution in [-0.2, 0) is 0 Å². The molecule has 8 aromatic carbocycles. The number of rotatable bonds is 13. The molecule has 4 aliphatic heterocycles. The largest absolute Gasteiger partial charge is 0.490 e. The van der Waals surface area contributed by atoms with E-state index in [-0.39, 0.29) is 41.3 Å². The molecular formula is C90H47F15N8O2. The molecule has 0 spiro atoms. The zero-order chi connectivity index (χ0) is 79.4. The lowest BCUT2D eigenvalue weighted by molar-refractivity contribution is 0.217. The minimum absolute atomic E-state index is 0.00472. The lowest BCUT2D eigenvalue weighted by Gasteiger charge is -2.11. The van der Waals surface area contributed by atoms with Crippen molar-refractivity contribution in [3.8, 4) is 101 Å². The number of ether oxygens (including phenoxy) is 2. The first kappa shape index (κ1) is 72.1. The number of hydrogen-bond acceptors (Lipinski definition) is 6. The van der Waals surface area contributed by atoms with Gasteiger partial charge in [-0.05, 0) is 149 Å². The van der Waals surface area contributed by atoms with E-state index in [1.165, 1.54) is 36.4 Å². The van der Waals surface area contributed by atoms with E-state index in [2.05, 4.69) is 54.2 Å². The van der Waals surface area contributed by atoms with Gasteiger partial charge in [-0.25, -0.2) is 85.8 Å². The number of H-pyrrole nitrogens is 4. The Bertz CT molecular complexity index is 6760. The molecule has 0 amide bonds. The van der Waals surface area contributed by atoms with E-state index in [1.54, 1.807) is 0 Å². The molecule has 4 N–H and O–H groups in total. The predicted molar refractivity (Wildman–Crippen MR) is 412 cm³/mol. The Kier molecular flexibility index (Phi) is 18.0. The molecule has 6 aromatic heterocycles. The standard InChI is InChI=1S/C90H47F15N8O2/c91-76-73(77(92)83(98)88(103)82(76)97)70-59-34-32-57(110-59)69(58-33-35-60(111-58)71(74-78(93)84(99)89(104)85(100)79(74)94)62-37-39-64(113-62)72(63-38-36-61(70)112-63)75-80(95)86(101)90(105)87(102)81(75)96)46-18-22-48(23-19-46)115-41-40-114-47-20-16-45(17-21-47)68-55-30-28-53(108-55)66(43-12-6-2-7-13-43)51-26-24-49(106-51)65(42-10-4-1-5-11-42)50-25-27-52(107-50)67(44-14-8-3-9-15-44)54-29-31-56(68)109-54/h1-39,106,109-110,113H,40-41H2. The van der Waals surface area contributed by atoms with Crippen molar-refractivity contribution in [3.05, 3.63) is 321 Å². The molecule has 0 atom stereocenters. The van der Waals surface area contributed by atoms with Crippen LogP contribution in [0.4, 0.5) is 65.9 Å². The van der Waals surface area contributed by atoms with E-state index in [1.807, 2.05) is 140 Å². The summed E-state index contributed by atoms with van der Waals surface area (Å²) in [5.41, 5.74) is 1.01. The van der Waals surface area contributed by atoms with Gasteiger partial charge in [0.1, 0.15) is 24.7 Å². The number of benzene rings is 8. The van der Waals surface area contributed by atoms with Crippen LogP contribution in [-0.4, -0.2) is 53.1 Å². The monoisotopic (exact) mass is 1560 g/mol. The average molecular weight is 1560 g/mol. The van der Waals surface area contributed by atoms with Crippen molar-refractivity contribution in [3.63, 3.8) is 0 Å². The van der Waals surface area contributed by atoms with Gasteiger partial charge in [-0.1, -0.05) is 115 Å². The Morgan fingerprint density at radius 2 is 0.357 bits per heavy atom. The number of halogens is 15. The summed E-state index contributed by atoms with van der Waals surface area (Å²) in [6.45, 7) is -0.0526. The molecule has 0 saturated carbocycles. The Morgan fingerprint density at radius 3 is 0.565 bits per heavy atom. The fraction of sp³-hybridized carbons (Fsp3) is 0.0222. The maximum atomic E-state index is 16.4. The highest BCUT2D eigenvalue weighted by molar-refractivity contribution is 6.03. The molecule has 10 nitrogen and oxygen atoms in total. The quantitative estimate of drug-likeness (QED) is 0.0393. The molecule has 0 unspecified atom stereocenters. The van der Waals surface area contributed by atoms with Crippen LogP contribution >= 0.6 is 0 Å². The van der Waals surface area contributed by atoms with Crippen LogP contribution in [0.3, 0.4) is 0 Å². The number of hydrogen-bond donors (Lipinski definition) is 4. The smallest absolute Gasteiger partial charge is 0.200 e. The lowest BCUT2D eigenvalue weighted by atomic mass is 10.0. The Hall–Kier alpha value is -14.5. The van der Waals surface area contributed by atoms with Crippen molar-refractivity contribution >= 4 is 92.7 Å². The summed E-state index contributed by atoms with van der Waals surface area (Å²) in [7, 11) is 0. The minimum Gasteiger partial charge on any atom is -0.490 e. The summed E-state index contributed by atoms with van der Waals surface area (Å²) in [5, 5.41) is 0. The number of nitrogens with one attached hydrogen (secondary N) is 4. The molecule has 115 heavy (non-hydrogen) atoms. The zero-order valence-corrected chi connectivity index (χ0v) is 58.7. The maximum Gasteiger partial charge on any atom is 0.200 e. The van der Waals surface area contributed by atoms with Crippen LogP contribution < -0.4 is 9.47 Å². The number of aromatic nitrogens is 8. The Morgan fingerprint density at radius 1 is 0.183 bits per heavy atom. The number of aromatic amines is 4. The van der Waals surface area contributed by atoms with E-state index < -0.39 is 154 Å². The normalized spacial score (nSPS) is 12.2. The fourth-order valence-corrected chi connectivity index (χ4v) is 14.8. The van der Waals surface area contributed by atoms with Gasteiger partial charge in [0.05, 0.1) is 62.2 Å². The summed E-state index contributed by atoms with van der Waals surface area (Å²) < 4.78 is 247. The van der Waals surface area contributed by atoms with Gasteiger partial charge in [0, 0.05) is 88.6 Å². The van der Waals surface area contributed by atoms with Crippen molar-refractivity contribution < 1.29 is 75.3 Å². The van der Waals surface area contributed by atoms with Gasteiger partial charge in [-0.3, -0.25) is 0 Å². The van der Waals surface area contributed by atoms with Crippen LogP contribution in [0, 0.1) is 87.3 Å². The topological polar surface area (TPSA) is 133 Å². The van der Waals surface area contributed by atoms with E-state index in [4.69, 9.17) is 19.4 Å². The molecule has 564 valence electrons. The molecular weight excluding hydrogens is 1510 g/mol. The summed E-state index contributed by atoms with van der Waals surface area (Å²) >= 11 is 0. The first-order valence-electron chi connectivity index (χ1n) is 35.3. The third kappa shape index (κ3) is 12.4. The van der Waals surface area contributed by atoms with Crippen LogP contribution in [0.2, 0.25) is 0 Å². The molecule has 0 radical (unpaired) electrons. The lowest BCUT2D eigenvalue weighted by Crippen LogP contribution is -2.08. The summed E-state index contributed by atoms with van der Waals surface area (Å²) in [6.07, 6.45) is 12.0. The summed E-state index contributed by atoms with van der Waals surface area (Å²) in [5.74, 6) is -36.4. The SMILES string of the molecule is Fc1c(F)c(F)c(-c2c3nc(c(-c4c(F)c(F)c(F)c(F)c4F)c4ccc([nH]4)c(-c4c(F)c(F)c(F)c(F)c4F)c4nc(c(-c5ccc(OCCOc6ccc(-c7c8nc(c(-c9ccccc9)c9ccc([nH]9)c(-c9ccccc9)c9nc(c(-c%10ccccc%10)c%10ccc7[nH]%10)C=C9)C=C8)cc6)cc5)c5ccc2[nH]5)C=C4)C=C3)c(F)c1F. The molecule has 10 heterocycles. The maximum absolute atomic E-state index is 16.4. The molecule has 25 heteroatoms. The molecule has 0 fully saturated rings. The first-order valence-corrected chi connectivity index (χ1v) is 35.3. The van der Waals surface area contributed by atoms with Crippen molar-refractivity contribution in [2.24, 2.45) is 0 Å². The second-order valence-corrected chi connectivity index (χ2v) is 26.7. The van der Waals surface area contributed by atoms with Crippen molar-refractivity contribution in [2.45, 2.75) is 0 Å². The highest BCUT2D eigenvalue weighted by Crippen LogP contribution is 2.46. The van der Waals surface area contributed by atoms with Crippen LogP contribution in [0.25, 0.3) is 182 Å². The summed E-state index contributed by atoms with van der Waals surface area (Å²) in [4.78, 5) is 32.5. The number of fused-ring (bicyclic) bond motifs is 16. The summed E-state index contributed by atoms with van der Waals surface area (Å²) in [6, 6.07) is 55.8. The van der Waals surface area contributed by atoms with Gasteiger partial charge in [0.2, 0.25) is 17.5 Å². The van der Waals surface area contributed by atoms with Crippen LogP contribution in [0.5, 0.6) is 11.5 Å². The molecule has 4 aliphatic rings. The fourth-order valence-electron chi connectivity index (χ4n) is 14.8. The third-order valence-electron chi connectivity index (χ3n) is 20.0. The van der Waals surface area contributed by atoms with E-state index >= 15 is 52.7 Å². The van der Waals surface area contributed by atoms with Crippen molar-refractivity contribution in [1.82, 2.24) is 39.9 Å². The second kappa shape index (κ2) is 28.7. The Balaban J connectivity index is 0.723. The van der Waals surface area contributed by atoms with Gasteiger partial charge in [-0.2, -0.15) is 0 Å². The molecule has 0 saturated heterocycles. The third-order valence-corrected chi connectivity index (χ3v) is 20.0. The molecule has 16 bridgehead atoms. The second-order valence-electron chi connectivity index (χ2n) is 26.7. The highest BCUT2D eigenvalue weighted by atomic mass is 19.2. The van der Waals surface area contributed by atoms with Crippen molar-refractivity contribution in [2.75, 3.05) is 13.2 Å². The van der Waals surface area contributed by atoms with Crippen LogP contribution in [0.15, 0.2) is 188 Å². The molecule has 14 aromatic rings. The van der Waals surface area contributed by atoms with E-state index in [0.717, 1.165) is 114 Å². The van der Waals surface area contributed by atoms with Crippen LogP contribution in [0.1, 0.15) is 45.6 Å². The predicted octanol–water partition coefficient (Wildman–Crippen LogP) is 24.5. The highest BCUT2D eigenvalue weighted by Gasteiger charge is 2.35. The zero-order valence-electron chi connectivity index (χ0n) is 58.7. The molecule has 0 aliphatic carbocycles. The van der Waals surface area contributed by atoms with Gasteiger partial charge in [-0.15, -0.1) is 0 Å². The number of nitrogens with zero attached hydrogens (tertiary/aromatic N) is 4. The van der Waals surface area contributed by atoms with Gasteiger partial charge in [0.15, 0.2) is 69.8 Å². The first-order chi connectivity index (χ1) is 55.8. The van der Waals surface area contributed by atoms with E-state index in [0.29, 0.717) is 17.1 Å². The van der Waals surface area contributed by atoms with Gasteiger partial charge < -0.3 is 29.4 Å². The minimum atomic E-state index is -2.63. The van der Waals surface area contributed by atoms with Crippen molar-refractivity contribution in [1.29, 1.82) is 0 Å². The molecule has 18 rings (SSSR count). The average Bonchev–Trinajstić information content (AvgIpc) is 1.65. The van der Waals surface area contributed by atoms with Gasteiger partial charge >= 0.3 is 0 Å². The Labute approximate surface area is 639 Å². The van der Waals surface area contributed by atoms with E-state index in [9.17, 15) is 13.2 Å². The van der Waals surface area contributed by atoms with Gasteiger partial charge in [0.25, 0.3) is 0 Å².